The molecule has 5 nitrogen and oxygen atoms in total. The number of amides is 2. The number of benzene rings is 2. The maximum atomic E-state index is 13.0. The van der Waals surface area contributed by atoms with Gasteiger partial charge in [-0.3, -0.25) is 9.59 Å². The summed E-state index contributed by atoms with van der Waals surface area (Å²) in [6.07, 6.45) is 0. The van der Waals surface area contributed by atoms with E-state index in [4.69, 9.17) is 4.74 Å². The molecule has 0 bridgehead atoms. The lowest BCUT2D eigenvalue weighted by atomic mass is 10.1. The second kappa shape index (κ2) is 8.62. The third kappa shape index (κ3) is 5.56. The molecule has 0 aliphatic rings. The topological polar surface area (TPSA) is 67.4 Å². The molecular weight excluding hydrogens is 391 g/mol. The van der Waals surface area contributed by atoms with Crippen LogP contribution >= 0.6 is 15.9 Å². The molecule has 25 heavy (non-hydrogen) atoms. The Kier molecular flexibility index (Phi) is 6.52. The molecule has 0 radical (unpaired) electrons. The van der Waals surface area contributed by atoms with E-state index in [9.17, 15) is 14.0 Å². The number of anilines is 1. The van der Waals surface area contributed by atoms with Crippen molar-refractivity contribution in [2.24, 2.45) is 0 Å². The maximum Gasteiger partial charge on any atom is 0.258 e. The lowest BCUT2D eigenvalue weighted by Crippen LogP contribution is -2.36. The molecule has 0 fully saturated rings. The Morgan fingerprint density at radius 2 is 1.80 bits per heavy atom. The van der Waals surface area contributed by atoms with Gasteiger partial charge < -0.3 is 15.4 Å². The second-order valence-electron chi connectivity index (χ2n) is 5.46. The van der Waals surface area contributed by atoms with Gasteiger partial charge in [0.15, 0.2) is 6.61 Å². The molecule has 0 unspecified atom stereocenters. The van der Waals surface area contributed by atoms with Crippen LogP contribution in [0.15, 0.2) is 40.9 Å². The van der Waals surface area contributed by atoms with Gasteiger partial charge in [0, 0.05) is 5.69 Å². The van der Waals surface area contributed by atoms with Gasteiger partial charge in [-0.1, -0.05) is 18.2 Å². The first-order valence-corrected chi connectivity index (χ1v) is 8.36. The molecule has 7 heteroatoms. The third-order valence-electron chi connectivity index (χ3n) is 3.44. The number of aryl methyl sites for hydroxylation is 2. The number of hydrogen-bond acceptors (Lipinski definition) is 3. The first kappa shape index (κ1) is 18.9. The third-order valence-corrected chi connectivity index (χ3v) is 4.06. The van der Waals surface area contributed by atoms with E-state index in [1.54, 1.807) is 0 Å². The summed E-state index contributed by atoms with van der Waals surface area (Å²) in [5, 5.41) is 5.26. The Morgan fingerprint density at radius 3 is 2.44 bits per heavy atom. The Bertz CT molecular complexity index is 776. The van der Waals surface area contributed by atoms with E-state index in [2.05, 4.69) is 26.6 Å². The van der Waals surface area contributed by atoms with Crippen LogP contribution in [-0.4, -0.2) is 25.0 Å². The van der Waals surface area contributed by atoms with Gasteiger partial charge in [-0.05, 0) is 59.1 Å². The number of hydrogen-bond donors (Lipinski definition) is 2. The van der Waals surface area contributed by atoms with Crippen molar-refractivity contribution < 1.29 is 18.7 Å². The van der Waals surface area contributed by atoms with Crippen LogP contribution in [0.4, 0.5) is 10.1 Å². The molecule has 2 N–H and O–H groups in total. The Hall–Kier alpha value is -2.41. The lowest BCUT2D eigenvalue weighted by Gasteiger charge is -2.12. The minimum absolute atomic E-state index is 0.166. The van der Waals surface area contributed by atoms with Crippen LogP contribution in [0.2, 0.25) is 0 Å². The van der Waals surface area contributed by atoms with Crippen molar-refractivity contribution in [3.63, 3.8) is 0 Å². The van der Waals surface area contributed by atoms with Gasteiger partial charge in [0.05, 0.1) is 11.0 Å². The standard InChI is InChI=1S/C18H18BrFN2O3/c1-11-4-3-5-12(2)18(11)22-16(23)9-21-17(24)10-25-15-7-6-13(20)8-14(15)19/h3-8H,9-10H2,1-2H3,(H,21,24)(H,22,23). The van der Waals surface area contributed by atoms with Crippen LogP contribution in [0.25, 0.3) is 0 Å². The van der Waals surface area contributed by atoms with Gasteiger partial charge in [-0.2, -0.15) is 0 Å². The molecule has 2 amide bonds. The molecule has 2 aromatic rings. The maximum absolute atomic E-state index is 13.0. The first-order valence-electron chi connectivity index (χ1n) is 7.57. The van der Waals surface area contributed by atoms with Crippen molar-refractivity contribution >= 4 is 33.4 Å². The van der Waals surface area contributed by atoms with Gasteiger partial charge in [-0.25, -0.2) is 4.39 Å². The number of halogens is 2. The fraction of sp³-hybridized carbons (Fsp3) is 0.222. The molecule has 0 atom stereocenters. The van der Waals surface area contributed by atoms with E-state index >= 15 is 0 Å². The lowest BCUT2D eigenvalue weighted by molar-refractivity contribution is -0.125. The predicted octanol–water partition coefficient (Wildman–Crippen LogP) is 3.34. The van der Waals surface area contributed by atoms with Crippen LogP contribution in [0.3, 0.4) is 0 Å². The first-order chi connectivity index (χ1) is 11.9. The smallest absolute Gasteiger partial charge is 0.258 e. The van der Waals surface area contributed by atoms with E-state index < -0.39 is 11.7 Å². The van der Waals surface area contributed by atoms with Crippen LogP contribution in [0, 0.1) is 19.7 Å². The zero-order chi connectivity index (χ0) is 18.4. The van der Waals surface area contributed by atoms with Crippen LogP contribution in [0.5, 0.6) is 5.75 Å². The summed E-state index contributed by atoms with van der Waals surface area (Å²) >= 11 is 3.15. The monoisotopic (exact) mass is 408 g/mol. The van der Waals surface area contributed by atoms with E-state index in [-0.39, 0.29) is 19.1 Å². The summed E-state index contributed by atoms with van der Waals surface area (Å²) in [4.78, 5) is 23.8. The van der Waals surface area contributed by atoms with Crippen LogP contribution < -0.4 is 15.4 Å². The molecule has 0 saturated heterocycles. The average Bonchev–Trinajstić information content (AvgIpc) is 2.55. The number of nitrogens with one attached hydrogen (secondary N) is 2. The normalized spacial score (nSPS) is 10.2. The fourth-order valence-corrected chi connectivity index (χ4v) is 2.63. The van der Waals surface area contributed by atoms with E-state index in [0.29, 0.717) is 10.2 Å². The van der Waals surface area contributed by atoms with Crippen molar-refractivity contribution in [2.75, 3.05) is 18.5 Å². The number of rotatable bonds is 6. The highest BCUT2D eigenvalue weighted by atomic mass is 79.9. The summed E-state index contributed by atoms with van der Waals surface area (Å²) in [6.45, 7) is 3.35. The summed E-state index contributed by atoms with van der Waals surface area (Å²) in [5.41, 5.74) is 2.64. The Balaban J connectivity index is 1.80. The molecule has 0 saturated carbocycles. The molecule has 0 heterocycles. The summed E-state index contributed by atoms with van der Waals surface area (Å²) < 4.78 is 18.7. The Morgan fingerprint density at radius 1 is 1.12 bits per heavy atom. The molecule has 0 aliphatic carbocycles. The zero-order valence-corrected chi connectivity index (χ0v) is 15.4. The van der Waals surface area contributed by atoms with Crippen LogP contribution in [0.1, 0.15) is 11.1 Å². The molecular formula is C18H18BrFN2O3. The highest BCUT2D eigenvalue weighted by molar-refractivity contribution is 9.10. The second-order valence-corrected chi connectivity index (χ2v) is 6.31. The molecule has 0 aromatic heterocycles. The van der Waals surface area contributed by atoms with Crippen molar-refractivity contribution in [1.82, 2.24) is 5.32 Å². The van der Waals surface area contributed by atoms with E-state index in [0.717, 1.165) is 16.8 Å². The van der Waals surface area contributed by atoms with Crippen LogP contribution in [-0.2, 0) is 9.59 Å². The summed E-state index contributed by atoms with van der Waals surface area (Å²) in [5.74, 6) is -0.843. The van der Waals surface area contributed by atoms with Crippen molar-refractivity contribution in [2.45, 2.75) is 13.8 Å². The summed E-state index contributed by atoms with van der Waals surface area (Å²) in [7, 11) is 0. The van der Waals surface area contributed by atoms with Gasteiger partial charge >= 0.3 is 0 Å². The molecule has 2 aromatic carbocycles. The SMILES string of the molecule is Cc1cccc(C)c1NC(=O)CNC(=O)COc1ccc(F)cc1Br. The van der Waals surface area contributed by atoms with Gasteiger partial charge in [-0.15, -0.1) is 0 Å². The van der Waals surface area contributed by atoms with Crippen molar-refractivity contribution in [3.05, 3.63) is 57.8 Å². The zero-order valence-electron chi connectivity index (χ0n) is 13.9. The quantitative estimate of drug-likeness (QED) is 0.769. The molecule has 0 aliphatic heterocycles. The largest absolute Gasteiger partial charge is 0.483 e. The number of ether oxygens (including phenoxy) is 1. The number of carbonyl (C=O) groups excluding carboxylic acids is 2. The van der Waals surface area contributed by atoms with Gasteiger partial charge in [0.1, 0.15) is 11.6 Å². The Labute approximate surface area is 153 Å². The number of carbonyl (C=O) groups is 2. The highest BCUT2D eigenvalue weighted by Crippen LogP contribution is 2.25. The summed E-state index contributed by atoms with van der Waals surface area (Å²) in [6, 6.07) is 9.60. The molecule has 2 rings (SSSR count). The van der Waals surface area contributed by atoms with Gasteiger partial charge in [0.25, 0.3) is 5.91 Å². The van der Waals surface area contributed by atoms with E-state index in [1.165, 1.54) is 18.2 Å². The van der Waals surface area contributed by atoms with Crippen molar-refractivity contribution in [3.8, 4) is 5.75 Å². The van der Waals surface area contributed by atoms with Gasteiger partial charge in [0.2, 0.25) is 5.91 Å². The number of para-hydroxylation sites is 1. The van der Waals surface area contributed by atoms with Crippen molar-refractivity contribution in [1.29, 1.82) is 0 Å². The minimum atomic E-state index is -0.451. The fourth-order valence-electron chi connectivity index (χ4n) is 2.16. The highest BCUT2D eigenvalue weighted by Gasteiger charge is 2.10. The minimum Gasteiger partial charge on any atom is -0.483 e. The predicted molar refractivity (Wildman–Crippen MR) is 97.2 cm³/mol. The molecule has 0 spiro atoms. The molecule has 132 valence electrons. The van der Waals surface area contributed by atoms with E-state index in [1.807, 2.05) is 32.0 Å². The average molecular weight is 409 g/mol.